The average Bonchev–Trinajstić information content (AvgIpc) is 2.34. The number of halogens is 3. The second-order valence-corrected chi connectivity index (χ2v) is 5.47. The van der Waals surface area contributed by atoms with Crippen LogP contribution in [0.15, 0.2) is 45.3 Å². The highest BCUT2D eigenvalue weighted by Crippen LogP contribution is 2.26. The predicted molar refractivity (Wildman–Crippen MR) is 77.2 cm³/mol. The van der Waals surface area contributed by atoms with Gasteiger partial charge in [0.15, 0.2) is 0 Å². The molecular weight excluding hydrogens is 365 g/mol. The summed E-state index contributed by atoms with van der Waals surface area (Å²) in [5.74, 6) is -0.0849. The lowest BCUT2D eigenvalue weighted by Gasteiger charge is -2.09. The number of aromatic hydroxyl groups is 1. The predicted octanol–water partition coefficient (Wildman–Crippen LogP) is 4.67. The minimum absolute atomic E-state index is 0.200. The third-order valence-electron chi connectivity index (χ3n) is 2.42. The number of hydrogen-bond acceptors (Lipinski definition) is 2. The van der Waals surface area contributed by atoms with Crippen molar-refractivity contribution in [3.63, 3.8) is 0 Å². The smallest absolute Gasteiger partial charge is 0.129 e. The highest BCUT2D eigenvalue weighted by molar-refractivity contribution is 9.11. The van der Waals surface area contributed by atoms with Crippen molar-refractivity contribution in [3.8, 4) is 5.75 Å². The Morgan fingerprint density at radius 1 is 1.06 bits per heavy atom. The molecule has 0 aromatic heterocycles. The molecule has 0 atom stereocenters. The van der Waals surface area contributed by atoms with Crippen LogP contribution in [0.4, 0.5) is 10.1 Å². The van der Waals surface area contributed by atoms with Crippen molar-refractivity contribution in [2.45, 2.75) is 6.54 Å². The van der Waals surface area contributed by atoms with Gasteiger partial charge in [0.2, 0.25) is 0 Å². The van der Waals surface area contributed by atoms with E-state index in [9.17, 15) is 9.50 Å². The van der Waals surface area contributed by atoms with Crippen LogP contribution in [0, 0.1) is 5.82 Å². The van der Waals surface area contributed by atoms with Crippen molar-refractivity contribution in [3.05, 3.63) is 56.7 Å². The molecule has 0 unspecified atom stereocenters. The molecule has 0 saturated heterocycles. The Hall–Kier alpha value is -1.07. The van der Waals surface area contributed by atoms with Crippen molar-refractivity contribution in [2.75, 3.05) is 5.32 Å². The van der Waals surface area contributed by atoms with Crippen molar-refractivity contribution >= 4 is 37.5 Å². The third-order valence-corrected chi connectivity index (χ3v) is 3.75. The van der Waals surface area contributed by atoms with Gasteiger partial charge in [-0.3, -0.25) is 0 Å². The first-order valence-electron chi connectivity index (χ1n) is 5.22. The van der Waals surface area contributed by atoms with Gasteiger partial charge in [-0.05, 0) is 67.8 Å². The lowest BCUT2D eigenvalue weighted by molar-refractivity contribution is 0.471. The van der Waals surface area contributed by atoms with Gasteiger partial charge in [-0.1, -0.05) is 6.07 Å². The highest BCUT2D eigenvalue weighted by atomic mass is 79.9. The van der Waals surface area contributed by atoms with Gasteiger partial charge in [0.1, 0.15) is 11.6 Å². The molecule has 0 aliphatic carbocycles. The SMILES string of the molecule is Oc1ccc(CNc2cc(F)ccc2Br)cc1Br. The van der Waals surface area contributed by atoms with Crippen molar-refractivity contribution < 1.29 is 9.50 Å². The minimum Gasteiger partial charge on any atom is -0.507 e. The van der Waals surface area contributed by atoms with E-state index in [0.29, 0.717) is 16.7 Å². The van der Waals surface area contributed by atoms with Gasteiger partial charge in [0.05, 0.1) is 10.2 Å². The number of rotatable bonds is 3. The summed E-state index contributed by atoms with van der Waals surface area (Å²) in [4.78, 5) is 0. The lowest BCUT2D eigenvalue weighted by Crippen LogP contribution is -2.00. The Morgan fingerprint density at radius 2 is 1.83 bits per heavy atom. The van der Waals surface area contributed by atoms with E-state index in [0.717, 1.165) is 10.0 Å². The summed E-state index contributed by atoms with van der Waals surface area (Å²) in [7, 11) is 0. The maximum absolute atomic E-state index is 13.1. The zero-order chi connectivity index (χ0) is 13.1. The summed E-state index contributed by atoms with van der Waals surface area (Å²) < 4.78 is 14.5. The summed E-state index contributed by atoms with van der Waals surface area (Å²) in [5, 5.41) is 12.5. The van der Waals surface area contributed by atoms with Crippen LogP contribution in [0.3, 0.4) is 0 Å². The molecule has 0 spiro atoms. The molecule has 5 heteroatoms. The van der Waals surface area contributed by atoms with Gasteiger partial charge in [-0.15, -0.1) is 0 Å². The Kier molecular flexibility index (Phi) is 4.24. The van der Waals surface area contributed by atoms with Crippen LogP contribution in [0.25, 0.3) is 0 Å². The number of phenolic OH excluding ortho intramolecular Hbond substituents is 1. The molecule has 0 radical (unpaired) electrons. The minimum atomic E-state index is -0.285. The fourth-order valence-electron chi connectivity index (χ4n) is 1.49. The normalized spacial score (nSPS) is 10.4. The molecule has 0 amide bonds. The van der Waals surface area contributed by atoms with Gasteiger partial charge in [0, 0.05) is 11.0 Å². The van der Waals surface area contributed by atoms with Gasteiger partial charge in [-0.2, -0.15) is 0 Å². The topological polar surface area (TPSA) is 32.3 Å². The fraction of sp³-hybridized carbons (Fsp3) is 0.0769. The average molecular weight is 375 g/mol. The number of phenols is 1. The van der Waals surface area contributed by atoms with Gasteiger partial charge < -0.3 is 10.4 Å². The van der Waals surface area contributed by atoms with E-state index < -0.39 is 0 Å². The van der Waals surface area contributed by atoms with Crippen molar-refractivity contribution in [1.82, 2.24) is 0 Å². The van der Waals surface area contributed by atoms with Crippen molar-refractivity contribution in [2.24, 2.45) is 0 Å². The lowest BCUT2D eigenvalue weighted by atomic mass is 10.2. The number of nitrogens with one attached hydrogen (secondary N) is 1. The number of hydrogen-bond donors (Lipinski definition) is 2. The Morgan fingerprint density at radius 3 is 2.56 bits per heavy atom. The quantitative estimate of drug-likeness (QED) is 0.818. The summed E-state index contributed by atoms with van der Waals surface area (Å²) >= 11 is 6.60. The maximum Gasteiger partial charge on any atom is 0.129 e. The van der Waals surface area contributed by atoms with E-state index >= 15 is 0 Å². The number of benzene rings is 2. The first-order valence-corrected chi connectivity index (χ1v) is 6.81. The summed E-state index contributed by atoms with van der Waals surface area (Å²) in [6.45, 7) is 0.543. The van der Waals surface area contributed by atoms with Crippen LogP contribution >= 0.6 is 31.9 Å². The van der Waals surface area contributed by atoms with E-state index in [4.69, 9.17) is 0 Å². The van der Waals surface area contributed by atoms with Gasteiger partial charge in [-0.25, -0.2) is 4.39 Å². The Bertz CT molecular complexity index is 575. The summed E-state index contributed by atoms with van der Waals surface area (Å²) in [5.41, 5.74) is 1.68. The van der Waals surface area contributed by atoms with E-state index in [2.05, 4.69) is 37.2 Å². The summed E-state index contributed by atoms with van der Waals surface area (Å²) in [6, 6.07) is 9.72. The molecule has 2 aromatic rings. The first-order chi connectivity index (χ1) is 8.56. The Balaban J connectivity index is 2.11. The molecule has 0 aliphatic heterocycles. The monoisotopic (exact) mass is 373 g/mol. The van der Waals surface area contributed by atoms with Crippen LogP contribution in [0.2, 0.25) is 0 Å². The van der Waals surface area contributed by atoms with E-state index in [1.165, 1.54) is 12.1 Å². The van der Waals surface area contributed by atoms with Crippen LogP contribution in [0.1, 0.15) is 5.56 Å². The molecule has 94 valence electrons. The summed E-state index contributed by atoms with van der Waals surface area (Å²) in [6.07, 6.45) is 0. The fourth-order valence-corrected chi connectivity index (χ4v) is 2.30. The van der Waals surface area contributed by atoms with Gasteiger partial charge in [0.25, 0.3) is 0 Å². The standard InChI is InChI=1S/C13H10Br2FNO/c14-10-3-2-9(16)6-12(10)17-7-8-1-4-13(18)11(15)5-8/h1-6,17-18H,7H2. The molecule has 2 aromatic carbocycles. The van der Waals surface area contributed by atoms with E-state index in [1.807, 2.05) is 6.07 Å². The van der Waals surface area contributed by atoms with Crippen LogP contribution in [-0.2, 0) is 6.54 Å². The molecule has 0 fully saturated rings. The highest BCUT2D eigenvalue weighted by Gasteiger charge is 2.03. The second kappa shape index (κ2) is 5.71. The first kappa shape index (κ1) is 13.4. The number of anilines is 1. The second-order valence-electron chi connectivity index (χ2n) is 3.76. The molecule has 0 heterocycles. The molecule has 0 bridgehead atoms. The van der Waals surface area contributed by atoms with Crippen LogP contribution in [0.5, 0.6) is 5.75 Å². The van der Waals surface area contributed by atoms with E-state index in [1.54, 1.807) is 18.2 Å². The molecule has 18 heavy (non-hydrogen) atoms. The molecule has 0 aliphatic rings. The zero-order valence-electron chi connectivity index (χ0n) is 9.25. The molecule has 0 saturated carbocycles. The largest absolute Gasteiger partial charge is 0.507 e. The zero-order valence-corrected chi connectivity index (χ0v) is 12.4. The van der Waals surface area contributed by atoms with Crippen LogP contribution < -0.4 is 5.32 Å². The Labute approximate surface area is 121 Å². The molecule has 2 rings (SSSR count). The van der Waals surface area contributed by atoms with E-state index in [-0.39, 0.29) is 11.6 Å². The third kappa shape index (κ3) is 3.23. The van der Waals surface area contributed by atoms with Gasteiger partial charge >= 0.3 is 0 Å². The van der Waals surface area contributed by atoms with Crippen LogP contribution in [-0.4, -0.2) is 5.11 Å². The maximum atomic E-state index is 13.1. The molecule has 2 nitrogen and oxygen atoms in total. The molecular formula is C13H10Br2FNO. The molecule has 2 N–H and O–H groups in total. The van der Waals surface area contributed by atoms with Crippen molar-refractivity contribution in [1.29, 1.82) is 0 Å².